The summed E-state index contributed by atoms with van der Waals surface area (Å²) >= 11 is 7.74. The quantitative estimate of drug-likeness (QED) is 0.776. The fraction of sp³-hybridized carbons (Fsp3) is 0.235. The van der Waals surface area contributed by atoms with Crippen molar-refractivity contribution >= 4 is 39.1 Å². The number of amides is 1. The van der Waals surface area contributed by atoms with Crippen LogP contribution in [-0.4, -0.2) is 15.5 Å². The van der Waals surface area contributed by atoms with Crippen LogP contribution in [0.5, 0.6) is 0 Å². The zero-order valence-corrected chi connectivity index (χ0v) is 15.0. The van der Waals surface area contributed by atoms with Crippen LogP contribution in [0.25, 0.3) is 21.6 Å². The second-order valence-corrected chi connectivity index (χ2v) is 7.24. The van der Waals surface area contributed by atoms with Gasteiger partial charge >= 0.3 is 0 Å². The van der Waals surface area contributed by atoms with E-state index in [1.807, 2.05) is 19.9 Å². The number of carbonyl (C=O) groups excluding carboxylic acids is 1. The number of benzene rings is 1. The summed E-state index contributed by atoms with van der Waals surface area (Å²) in [7, 11) is 0. The van der Waals surface area contributed by atoms with Gasteiger partial charge in [-0.05, 0) is 38.5 Å². The predicted molar refractivity (Wildman–Crippen MR) is 97.7 cm³/mol. The average Bonchev–Trinajstić information content (AvgIpc) is 2.82. The first-order valence-electron chi connectivity index (χ1n) is 7.39. The van der Waals surface area contributed by atoms with Gasteiger partial charge in [0.05, 0.1) is 10.4 Å². The number of aryl methyl sites for hydroxylation is 2. The van der Waals surface area contributed by atoms with E-state index in [-0.39, 0.29) is 5.56 Å². The van der Waals surface area contributed by atoms with Gasteiger partial charge in [-0.15, -0.1) is 11.3 Å². The molecule has 0 saturated carbocycles. The highest BCUT2D eigenvalue weighted by atomic mass is 35.5. The maximum absolute atomic E-state index is 13.1. The minimum absolute atomic E-state index is 0.275. The van der Waals surface area contributed by atoms with Crippen molar-refractivity contribution in [2.75, 3.05) is 0 Å². The van der Waals surface area contributed by atoms with Crippen molar-refractivity contribution in [3.05, 3.63) is 50.1 Å². The summed E-state index contributed by atoms with van der Waals surface area (Å²) in [5.41, 5.74) is 6.65. The van der Waals surface area contributed by atoms with Crippen molar-refractivity contribution in [1.29, 1.82) is 0 Å². The molecular weight excluding hydrogens is 346 g/mol. The number of carbonyl (C=O) groups is 1. The highest BCUT2D eigenvalue weighted by Crippen LogP contribution is 2.32. The van der Waals surface area contributed by atoms with Gasteiger partial charge in [-0.3, -0.25) is 14.2 Å². The molecule has 2 aromatic heterocycles. The molecule has 0 spiro atoms. The number of nitrogens with zero attached hydrogens (tertiary/aromatic N) is 2. The Kier molecular flexibility index (Phi) is 4.19. The lowest BCUT2D eigenvalue weighted by Gasteiger charge is -2.17. The Hall–Kier alpha value is -2.18. The van der Waals surface area contributed by atoms with E-state index in [2.05, 4.69) is 4.98 Å². The van der Waals surface area contributed by atoms with Crippen LogP contribution < -0.4 is 11.3 Å². The molecule has 1 amide bonds. The summed E-state index contributed by atoms with van der Waals surface area (Å²) in [4.78, 5) is 31.1. The molecule has 0 saturated heterocycles. The van der Waals surface area contributed by atoms with Crippen molar-refractivity contribution < 1.29 is 4.79 Å². The molecule has 5 nitrogen and oxygen atoms in total. The lowest BCUT2D eigenvalue weighted by molar-refractivity contribution is -0.120. The third kappa shape index (κ3) is 2.52. The number of aromatic nitrogens is 2. The molecule has 7 heteroatoms. The lowest BCUT2D eigenvalue weighted by atomic mass is 10.1. The molecule has 0 bridgehead atoms. The van der Waals surface area contributed by atoms with E-state index in [9.17, 15) is 9.59 Å². The zero-order chi connectivity index (χ0) is 17.6. The summed E-state index contributed by atoms with van der Waals surface area (Å²) < 4.78 is 1.34. The van der Waals surface area contributed by atoms with E-state index in [0.29, 0.717) is 26.6 Å². The van der Waals surface area contributed by atoms with Gasteiger partial charge in [-0.25, -0.2) is 4.98 Å². The van der Waals surface area contributed by atoms with Crippen LogP contribution >= 0.6 is 22.9 Å². The molecule has 1 aromatic carbocycles. The average molecular weight is 362 g/mol. The molecule has 24 heavy (non-hydrogen) atoms. The summed E-state index contributed by atoms with van der Waals surface area (Å²) in [5, 5.41) is 0.987. The number of halogens is 1. The second kappa shape index (κ2) is 6.03. The van der Waals surface area contributed by atoms with Crippen LogP contribution in [0, 0.1) is 13.8 Å². The van der Waals surface area contributed by atoms with Crippen LogP contribution in [0.2, 0.25) is 5.02 Å². The SMILES string of the molecule is Cc1sc2nc(-c3ccccc3Cl)n(C(C)C(N)=O)c(=O)c2c1C. The van der Waals surface area contributed by atoms with Crippen molar-refractivity contribution in [1.82, 2.24) is 9.55 Å². The van der Waals surface area contributed by atoms with Gasteiger partial charge in [-0.2, -0.15) is 0 Å². The molecular formula is C17H16ClN3O2S. The normalized spacial score (nSPS) is 12.5. The first kappa shape index (κ1) is 16.7. The van der Waals surface area contributed by atoms with Gasteiger partial charge in [0, 0.05) is 10.4 Å². The Morgan fingerprint density at radius 2 is 2.00 bits per heavy atom. The standard InChI is InChI=1S/C17H16ClN3O2S/c1-8-10(3)24-16-13(8)17(23)21(9(2)14(19)22)15(20-16)11-6-4-5-7-12(11)18/h4-7,9H,1-3H3,(H2,19,22). The Bertz CT molecular complexity index is 1020. The fourth-order valence-electron chi connectivity index (χ4n) is 2.63. The monoisotopic (exact) mass is 361 g/mol. The van der Waals surface area contributed by atoms with Crippen molar-refractivity contribution in [3.8, 4) is 11.4 Å². The Balaban J connectivity index is 2.48. The van der Waals surface area contributed by atoms with Crippen molar-refractivity contribution in [2.24, 2.45) is 5.73 Å². The third-order valence-electron chi connectivity index (χ3n) is 4.15. The van der Waals surface area contributed by atoms with Crippen molar-refractivity contribution in [2.45, 2.75) is 26.8 Å². The van der Waals surface area contributed by atoms with E-state index in [0.717, 1.165) is 10.4 Å². The Morgan fingerprint density at radius 1 is 1.33 bits per heavy atom. The second-order valence-electron chi connectivity index (χ2n) is 5.63. The molecule has 0 aliphatic heterocycles. The topological polar surface area (TPSA) is 78.0 Å². The number of fused-ring (bicyclic) bond motifs is 1. The van der Waals surface area contributed by atoms with Crippen LogP contribution in [0.4, 0.5) is 0 Å². The van der Waals surface area contributed by atoms with Gasteiger partial charge < -0.3 is 5.73 Å². The van der Waals surface area contributed by atoms with Crippen molar-refractivity contribution in [3.63, 3.8) is 0 Å². The number of primary amides is 1. The molecule has 0 aliphatic carbocycles. The predicted octanol–water partition coefficient (Wildman–Crippen LogP) is 3.44. The van der Waals surface area contributed by atoms with Crippen LogP contribution in [0.15, 0.2) is 29.1 Å². The molecule has 124 valence electrons. The highest BCUT2D eigenvalue weighted by molar-refractivity contribution is 7.18. The zero-order valence-electron chi connectivity index (χ0n) is 13.5. The number of nitrogens with two attached hydrogens (primary N) is 1. The minimum atomic E-state index is -0.833. The molecule has 2 N–H and O–H groups in total. The van der Waals surface area contributed by atoms with Crippen LogP contribution in [0.3, 0.4) is 0 Å². The molecule has 3 rings (SSSR count). The number of rotatable bonds is 3. The first-order valence-corrected chi connectivity index (χ1v) is 8.58. The Morgan fingerprint density at radius 3 is 2.62 bits per heavy atom. The molecule has 0 radical (unpaired) electrons. The summed E-state index contributed by atoms with van der Waals surface area (Å²) in [6.45, 7) is 5.41. The van der Waals surface area contributed by atoms with E-state index >= 15 is 0 Å². The van der Waals surface area contributed by atoms with E-state index in [1.54, 1.807) is 25.1 Å². The minimum Gasteiger partial charge on any atom is -0.368 e. The van der Waals surface area contributed by atoms with E-state index in [4.69, 9.17) is 17.3 Å². The number of thiophene rings is 1. The third-order valence-corrected chi connectivity index (χ3v) is 5.58. The van der Waals surface area contributed by atoms with Crippen LogP contribution in [0.1, 0.15) is 23.4 Å². The summed E-state index contributed by atoms with van der Waals surface area (Å²) in [6, 6.07) is 6.26. The maximum atomic E-state index is 13.1. The Labute approximate surface area is 147 Å². The number of hydrogen-bond acceptors (Lipinski definition) is 4. The fourth-order valence-corrected chi connectivity index (χ4v) is 3.87. The molecule has 0 aliphatic rings. The van der Waals surface area contributed by atoms with Gasteiger partial charge in [0.1, 0.15) is 16.7 Å². The van der Waals surface area contributed by atoms with Crippen LogP contribution in [-0.2, 0) is 4.79 Å². The van der Waals surface area contributed by atoms with Gasteiger partial charge in [-0.1, -0.05) is 23.7 Å². The van der Waals surface area contributed by atoms with E-state index < -0.39 is 11.9 Å². The largest absolute Gasteiger partial charge is 0.368 e. The first-order chi connectivity index (χ1) is 11.3. The molecule has 2 heterocycles. The smallest absolute Gasteiger partial charge is 0.263 e. The summed E-state index contributed by atoms with van der Waals surface area (Å²) in [6.07, 6.45) is 0. The number of hydrogen-bond donors (Lipinski definition) is 1. The van der Waals surface area contributed by atoms with Gasteiger partial charge in [0.25, 0.3) is 5.56 Å². The summed E-state index contributed by atoms with van der Waals surface area (Å²) in [5.74, 6) is -0.248. The molecule has 1 atom stereocenters. The van der Waals surface area contributed by atoms with E-state index in [1.165, 1.54) is 15.9 Å². The van der Waals surface area contributed by atoms with Gasteiger partial charge in [0.2, 0.25) is 5.91 Å². The van der Waals surface area contributed by atoms with Gasteiger partial charge in [0.15, 0.2) is 0 Å². The maximum Gasteiger partial charge on any atom is 0.263 e. The molecule has 3 aromatic rings. The lowest BCUT2D eigenvalue weighted by Crippen LogP contribution is -2.34. The highest BCUT2D eigenvalue weighted by Gasteiger charge is 2.24. The molecule has 1 unspecified atom stereocenters. The molecule has 0 fully saturated rings.